The van der Waals surface area contributed by atoms with E-state index in [1.807, 2.05) is 18.2 Å². The number of aliphatic hydroxyl groups is 1. The molecule has 1 aromatic carbocycles. The highest BCUT2D eigenvalue weighted by molar-refractivity contribution is 5.15. The minimum atomic E-state index is -0.254. The van der Waals surface area contributed by atoms with Gasteiger partial charge in [-0.2, -0.15) is 0 Å². The summed E-state index contributed by atoms with van der Waals surface area (Å²) in [5, 5.41) is 10.2. The summed E-state index contributed by atoms with van der Waals surface area (Å²) in [5.41, 5.74) is 1.22. The molecule has 1 aliphatic rings. The predicted molar refractivity (Wildman–Crippen MR) is 80.2 cm³/mol. The summed E-state index contributed by atoms with van der Waals surface area (Å²) >= 11 is 0. The topological polar surface area (TPSA) is 23.5 Å². The van der Waals surface area contributed by atoms with Crippen LogP contribution in [0.2, 0.25) is 0 Å². The zero-order valence-electron chi connectivity index (χ0n) is 12.1. The Morgan fingerprint density at radius 3 is 2.53 bits per heavy atom. The number of nitrogens with zero attached hydrogens (tertiary/aromatic N) is 1. The maximum absolute atomic E-state index is 10.2. The van der Waals surface area contributed by atoms with Gasteiger partial charge in [0.05, 0.1) is 6.10 Å². The molecule has 0 aliphatic heterocycles. The third-order valence-corrected chi connectivity index (χ3v) is 4.13. The summed E-state index contributed by atoms with van der Waals surface area (Å²) in [6.45, 7) is 1.93. The second kappa shape index (κ2) is 7.66. The molecule has 1 aromatic rings. The molecular weight excluding hydrogens is 234 g/mol. The molecule has 0 aromatic heterocycles. The van der Waals surface area contributed by atoms with Gasteiger partial charge in [-0.3, -0.25) is 0 Å². The lowest BCUT2D eigenvalue weighted by Gasteiger charge is -2.28. The van der Waals surface area contributed by atoms with E-state index < -0.39 is 0 Å². The molecule has 0 heterocycles. The fourth-order valence-corrected chi connectivity index (χ4v) is 3.20. The summed E-state index contributed by atoms with van der Waals surface area (Å²) in [5.74, 6) is 0.850. The second-order valence-corrected chi connectivity index (χ2v) is 6.07. The first-order chi connectivity index (χ1) is 9.24. The van der Waals surface area contributed by atoms with Crippen LogP contribution in [-0.2, 0) is 6.42 Å². The first-order valence-corrected chi connectivity index (χ1v) is 7.64. The van der Waals surface area contributed by atoms with Crippen LogP contribution in [0.25, 0.3) is 0 Å². The molecule has 1 atom stereocenters. The van der Waals surface area contributed by atoms with E-state index in [9.17, 15) is 5.11 Å². The summed E-state index contributed by atoms with van der Waals surface area (Å²) in [6, 6.07) is 10.3. The standard InChI is InChI=1S/C17H27NO/c1-18(13-16-10-6-3-7-11-16)14-17(19)12-15-8-4-2-5-9-15/h2,4-5,8-9,16-17,19H,3,6-7,10-14H2,1H3. The highest BCUT2D eigenvalue weighted by Gasteiger charge is 2.17. The number of benzene rings is 1. The van der Waals surface area contributed by atoms with Crippen LogP contribution < -0.4 is 0 Å². The summed E-state index contributed by atoms with van der Waals surface area (Å²) in [4.78, 5) is 2.31. The first kappa shape index (κ1) is 14.5. The van der Waals surface area contributed by atoms with Gasteiger partial charge in [-0.25, -0.2) is 0 Å². The number of hydrogen-bond acceptors (Lipinski definition) is 2. The van der Waals surface area contributed by atoms with Gasteiger partial charge in [-0.15, -0.1) is 0 Å². The van der Waals surface area contributed by atoms with Crippen molar-refractivity contribution in [2.75, 3.05) is 20.1 Å². The van der Waals surface area contributed by atoms with Gasteiger partial charge in [0, 0.05) is 13.1 Å². The number of rotatable bonds is 6. The first-order valence-electron chi connectivity index (χ1n) is 7.64. The summed E-state index contributed by atoms with van der Waals surface area (Å²) < 4.78 is 0. The van der Waals surface area contributed by atoms with Crippen LogP contribution in [0.5, 0.6) is 0 Å². The Kier molecular flexibility index (Phi) is 5.87. The Labute approximate surface area is 117 Å². The van der Waals surface area contributed by atoms with E-state index in [2.05, 4.69) is 24.1 Å². The van der Waals surface area contributed by atoms with Crippen molar-refractivity contribution in [3.05, 3.63) is 35.9 Å². The molecule has 19 heavy (non-hydrogen) atoms. The molecule has 0 spiro atoms. The van der Waals surface area contributed by atoms with Crippen LogP contribution in [0, 0.1) is 5.92 Å². The SMILES string of the molecule is CN(CC(O)Cc1ccccc1)CC1CCCCC1. The van der Waals surface area contributed by atoms with Crippen molar-refractivity contribution >= 4 is 0 Å². The van der Waals surface area contributed by atoms with E-state index in [1.165, 1.54) is 37.7 Å². The molecule has 2 nitrogen and oxygen atoms in total. The second-order valence-electron chi connectivity index (χ2n) is 6.07. The third-order valence-electron chi connectivity index (χ3n) is 4.13. The van der Waals surface area contributed by atoms with Crippen molar-refractivity contribution in [1.82, 2.24) is 4.90 Å². The Balaban J connectivity index is 1.70. The van der Waals surface area contributed by atoms with Gasteiger partial charge in [0.25, 0.3) is 0 Å². The molecule has 0 amide bonds. The zero-order valence-corrected chi connectivity index (χ0v) is 12.1. The Hall–Kier alpha value is -0.860. The van der Waals surface area contributed by atoms with Crippen LogP contribution in [0.1, 0.15) is 37.7 Å². The molecule has 106 valence electrons. The van der Waals surface area contributed by atoms with Crippen molar-refractivity contribution in [2.45, 2.75) is 44.6 Å². The molecule has 1 N–H and O–H groups in total. The van der Waals surface area contributed by atoms with Gasteiger partial charge in [-0.05, 0) is 37.8 Å². The number of likely N-dealkylation sites (N-methyl/N-ethyl adjacent to an activating group) is 1. The van der Waals surface area contributed by atoms with Gasteiger partial charge >= 0.3 is 0 Å². The minimum absolute atomic E-state index is 0.254. The van der Waals surface area contributed by atoms with Crippen molar-refractivity contribution in [3.63, 3.8) is 0 Å². The molecule has 2 rings (SSSR count). The van der Waals surface area contributed by atoms with Crippen molar-refractivity contribution in [3.8, 4) is 0 Å². The van der Waals surface area contributed by atoms with Gasteiger partial charge in [0.1, 0.15) is 0 Å². The van der Waals surface area contributed by atoms with Crippen LogP contribution in [0.4, 0.5) is 0 Å². The smallest absolute Gasteiger partial charge is 0.0707 e. The molecular formula is C17H27NO. The van der Waals surface area contributed by atoms with E-state index in [1.54, 1.807) is 0 Å². The van der Waals surface area contributed by atoms with E-state index in [4.69, 9.17) is 0 Å². The van der Waals surface area contributed by atoms with Crippen LogP contribution in [-0.4, -0.2) is 36.2 Å². The highest BCUT2D eigenvalue weighted by atomic mass is 16.3. The van der Waals surface area contributed by atoms with Crippen molar-refractivity contribution in [2.24, 2.45) is 5.92 Å². The maximum atomic E-state index is 10.2. The molecule has 0 saturated heterocycles. The van der Waals surface area contributed by atoms with E-state index in [0.717, 1.165) is 25.4 Å². The van der Waals surface area contributed by atoms with Crippen molar-refractivity contribution in [1.29, 1.82) is 0 Å². The number of hydrogen-bond donors (Lipinski definition) is 1. The Morgan fingerprint density at radius 2 is 1.84 bits per heavy atom. The fourth-order valence-electron chi connectivity index (χ4n) is 3.20. The fraction of sp³-hybridized carbons (Fsp3) is 0.647. The van der Waals surface area contributed by atoms with Gasteiger partial charge < -0.3 is 10.0 Å². The molecule has 2 heteroatoms. The van der Waals surface area contributed by atoms with Gasteiger partial charge in [0.15, 0.2) is 0 Å². The average Bonchev–Trinajstić information content (AvgIpc) is 2.40. The average molecular weight is 261 g/mol. The molecule has 0 radical (unpaired) electrons. The summed E-state index contributed by atoms with van der Waals surface area (Å²) in [6.07, 6.45) is 7.46. The lowest BCUT2D eigenvalue weighted by atomic mass is 9.89. The zero-order chi connectivity index (χ0) is 13.5. The number of aliphatic hydroxyl groups excluding tert-OH is 1. The normalized spacial score (nSPS) is 18.7. The molecule has 1 aliphatic carbocycles. The van der Waals surface area contributed by atoms with E-state index in [0.29, 0.717) is 0 Å². The molecule has 0 bridgehead atoms. The minimum Gasteiger partial charge on any atom is -0.391 e. The van der Waals surface area contributed by atoms with Crippen molar-refractivity contribution < 1.29 is 5.11 Å². The van der Waals surface area contributed by atoms with E-state index in [-0.39, 0.29) is 6.10 Å². The van der Waals surface area contributed by atoms with Gasteiger partial charge in [-0.1, -0.05) is 49.6 Å². The van der Waals surface area contributed by atoms with Gasteiger partial charge in [0.2, 0.25) is 0 Å². The third kappa shape index (κ3) is 5.33. The largest absolute Gasteiger partial charge is 0.391 e. The highest BCUT2D eigenvalue weighted by Crippen LogP contribution is 2.24. The van der Waals surface area contributed by atoms with Crippen LogP contribution in [0.3, 0.4) is 0 Å². The maximum Gasteiger partial charge on any atom is 0.0707 e. The quantitative estimate of drug-likeness (QED) is 0.850. The summed E-state index contributed by atoms with van der Waals surface area (Å²) in [7, 11) is 2.14. The molecule has 1 fully saturated rings. The Bertz CT molecular complexity index is 346. The van der Waals surface area contributed by atoms with E-state index >= 15 is 0 Å². The molecule has 1 unspecified atom stereocenters. The predicted octanol–water partition coefficient (Wildman–Crippen LogP) is 3.10. The monoisotopic (exact) mass is 261 g/mol. The lowest BCUT2D eigenvalue weighted by Crippen LogP contribution is -2.34. The Morgan fingerprint density at radius 1 is 1.16 bits per heavy atom. The lowest BCUT2D eigenvalue weighted by molar-refractivity contribution is 0.112. The molecule has 1 saturated carbocycles. The van der Waals surface area contributed by atoms with Crippen LogP contribution >= 0.6 is 0 Å². The van der Waals surface area contributed by atoms with Crippen LogP contribution in [0.15, 0.2) is 30.3 Å².